The van der Waals surface area contributed by atoms with E-state index in [-0.39, 0.29) is 44.6 Å². The Balaban J connectivity index is 1.35. The molecule has 2 aromatic heterocycles. The molecule has 5 aromatic rings. The van der Waals surface area contributed by atoms with Crippen molar-refractivity contribution in [2.75, 3.05) is 33.0 Å². The Morgan fingerprint density at radius 1 is 0.816 bits per heavy atom. The fourth-order valence-corrected chi connectivity index (χ4v) is 5.31. The predicted octanol–water partition coefficient (Wildman–Crippen LogP) is 5.60. The molecule has 5 rings (SSSR count). The highest BCUT2D eigenvalue weighted by Crippen LogP contribution is 2.31. The van der Waals surface area contributed by atoms with Crippen molar-refractivity contribution in [3.05, 3.63) is 83.4 Å². The summed E-state index contributed by atoms with van der Waals surface area (Å²) in [6.07, 6.45) is -1.46. The lowest BCUT2D eigenvalue weighted by atomic mass is 10.1. The lowest BCUT2D eigenvalue weighted by molar-refractivity contribution is 0.0521. The number of ether oxygens (including phenoxy) is 5. The molecule has 1 unspecified atom stereocenters. The minimum absolute atomic E-state index is 0.135. The molecule has 0 radical (unpaired) electrons. The molecule has 2 heterocycles. The van der Waals surface area contributed by atoms with E-state index >= 15 is 0 Å². The quantitative estimate of drug-likeness (QED) is 0.0760. The normalized spacial score (nSPS) is 11.6. The van der Waals surface area contributed by atoms with Gasteiger partial charge in [0.25, 0.3) is 5.91 Å². The van der Waals surface area contributed by atoms with Crippen molar-refractivity contribution in [2.24, 2.45) is 7.05 Å². The van der Waals surface area contributed by atoms with E-state index in [1.54, 1.807) is 81.4 Å². The van der Waals surface area contributed by atoms with Gasteiger partial charge in [0.1, 0.15) is 35.3 Å². The molecular formula is C35H37N5O9. The Morgan fingerprint density at radius 2 is 1.55 bits per heavy atom. The van der Waals surface area contributed by atoms with Gasteiger partial charge in [0, 0.05) is 18.7 Å². The highest BCUT2D eigenvalue weighted by molar-refractivity contribution is 5.97. The monoisotopic (exact) mass is 671 g/mol. The van der Waals surface area contributed by atoms with Crippen LogP contribution in [0, 0.1) is 0 Å². The first-order valence-corrected chi connectivity index (χ1v) is 15.8. The largest absolute Gasteiger partial charge is 0.513 e. The number of rotatable bonds is 12. The summed E-state index contributed by atoms with van der Waals surface area (Å²) in [7, 11) is 1.82. The van der Waals surface area contributed by atoms with Crippen molar-refractivity contribution in [2.45, 2.75) is 33.6 Å². The maximum atomic E-state index is 13.2. The summed E-state index contributed by atoms with van der Waals surface area (Å²) in [6, 6.07) is 16.6. The van der Waals surface area contributed by atoms with Gasteiger partial charge in [0.15, 0.2) is 0 Å². The SMILES string of the molecule is CCOC(=O)Oc1ccc2c(c1)nc(C(C)c1nc3ccc(C(=O)NCCOc4ccccc4C(=O)OCC)cc3n1C)n2C(=O)OCC. The van der Waals surface area contributed by atoms with Crippen LogP contribution >= 0.6 is 0 Å². The van der Waals surface area contributed by atoms with Gasteiger partial charge in [-0.05, 0) is 70.2 Å². The fourth-order valence-electron chi connectivity index (χ4n) is 5.31. The van der Waals surface area contributed by atoms with Gasteiger partial charge in [-0.1, -0.05) is 12.1 Å². The highest BCUT2D eigenvalue weighted by Gasteiger charge is 2.27. The Kier molecular flexibility index (Phi) is 10.8. The van der Waals surface area contributed by atoms with E-state index in [0.717, 1.165) is 0 Å². The van der Waals surface area contributed by atoms with Crippen LogP contribution < -0.4 is 14.8 Å². The molecular weight excluding hydrogens is 634 g/mol. The molecule has 1 amide bonds. The van der Waals surface area contributed by atoms with Crippen LogP contribution in [0.15, 0.2) is 60.7 Å². The van der Waals surface area contributed by atoms with Gasteiger partial charge in [-0.3, -0.25) is 4.79 Å². The highest BCUT2D eigenvalue weighted by atomic mass is 16.7. The number of hydrogen-bond acceptors (Lipinski definition) is 11. The summed E-state index contributed by atoms with van der Waals surface area (Å²) < 4.78 is 29.5. The number of amides is 1. The van der Waals surface area contributed by atoms with Crippen molar-refractivity contribution < 1.29 is 42.9 Å². The third-order valence-electron chi connectivity index (χ3n) is 7.55. The number of nitrogens with zero attached hydrogens (tertiary/aromatic N) is 4. The van der Waals surface area contributed by atoms with Crippen LogP contribution in [0.5, 0.6) is 11.5 Å². The van der Waals surface area contributed by atoms with Crippen molar-refractivity contribution in [3.63, 3.8) is 0 Å². The summed E-state index contributed by atoms with van der Waals surface area (Å²) in [5, 5.41) is 2.84. The van der Waals surface area contributed by atoms with Gasteiger partial charge in [0.05, 0.1) is 54.4 Å². The van der Waals surface area contributed by atoms with Gasteiger partial charge in [-0.25, -0.2) is 28.9 Å². The number of nitrogens with one attached hydrogen (secondary N) is 1. The Labute approximate surface area is 281 Å². The number of carbonyl (C=O) groups excluding carboxylic acids is 4. The average molecular weight is 672 g/mol. The zero-order valence-electron chi connectivity index (χ0n) is 27.8. The molecule has 0 saturated carbocycles. The molecule has 256 valence electrons. The van der Waals surface area contributed by atoms with Crippen molar-refractivity contribution >= 4 is 46.2 Å². The number of para-hydroxylation sites is 1. The maximum Gasteiger partial charge on any atom is 0.513 e. The first-order valence-electron chi connectivity index (χ1n) is 15.8. The minimum atomic E-state index is -0.849. The number of aryl methyl sites for hydroxylation is 1. The molecule has 14 nitrogen and oxygen atoms in total. The molecule has 0 spiro atoms. The van der Waals surface area contributed by atoms with Gasteiger partial charge in [0.2, 0.25) is 0 Å². The number of benzene rings is 3. The van der Waals surface area contributed by atoms with E-state index in [2.05, 4.69) is 5.32 Å². The number of hydrogen-bond donors (Lipinski definition) is 1. The molecule has 14 heteroatoms. The van der Waals surface area contributed by atoms with Crippen molar-refractivity contribution in [3.8, 4) is 11.5 Å². The second-order valence-corrected chi connectivity index (χ2v) is 10.7. The predicted molar refractivity (Wildman–Crippen MR) is 178 cm³/mol. The van der Waals surface area contributed by atoms with Crippen molar-refractivity contribution in [1.29, 1.82) is 0 Å². The van der Waals surface area contributed by atoms with Gasteiger partial charge in [-0.2, -0.15) is 0 Å². The van der Waals surface area contributed by atoms with E-state index in [4.69, 9.17) is 33.7 Å². The number of imidazole rings is 2. The first-order chi connectivity index (χ1) is 23.7. The van der Waals surface area contributed by atoms with Crippen molar-refractivity contribution in [1.82, 2.24) is 24.4 Å². The van der Waals surface area contributed by atoms with Crippen LogP contribution in [-0.2, 0) is 21.3 Å². The van der Waals surface area contributed by atoms with Crippen LogP contribution in [0.3, 0.4) is 0 Å². The van der Waals surface area contributed by atoms with Crippen LogP contribution in [0.1, 0.15) is 66.0 Å². The Bertz CT molecular complexity index is 2020. The second-order valence-electron chi connectivity index (χ2n) is 10.7. The lowest BCUT2D eigenvalue weighted by Crippen LogP contribution is -2.28. The zero-order chi connectivity index (χ0) is 35.1. The number of fused-ring (bicyclic) bond motifs is 2. The van der Waals surface area contributed by atoms with E-state index in [0.29, 0.717) is 50.6 Å². The fraction of sp³-hybridized carbons (Fsp3) is 0.314. The summed E-state index contributed by atoms with van der Waals surface area (Å²) in [5.74, 6) is 0.233. The Morgan fingerprint density at radius 3 is 2.31 bits per heavy atom. The maximum absolute atomic E-state index is 13.2. The molecule has 0 aliphatic heterocycles. The summed E-state index contributed by atoms with van der Waals surface area (Å²) >= 11 is 0. The summed E-state index contributed by atoms with van der Waals surface area (Å²) in [5.41, 5.74) is 2.93. The van der Waals surface area contributed by atoms with Gasteiger partial charge < -0.3 is 33.6 Å². The molecule has 0 aliphatic rings. The number of aromatic nitrogens is 4. The van der Waals surface area contributed by atoms with Gasteiger partial charge in [-0.15, -0.1) is 0 Å². The molecule has 0 aliphatic carbocycles. The Hall–Kier alpha value is -5.92. The van der Waals surface area contributed by atoms with Crippen LogP contribution in [0.2, 0.25) is 0 Å². The van der Waals surface area contributed by atoms with Crippen LogP contribution in [0.25, 0.3) is 22.1 Å². The van der Waals surface area contributed by atoms with Gasteiger partial charge >= 0.3 is 18.2 Å². The molecule has 49 heavy (non-hydrogen) atoms. The molecule has 0 fully saturated rings. The number of esters is 1. The molecule has 0 saturated heterocycles. The molecule has 0 bridgehead atoms. The van der Waals surface area contributed by atoms with E-state index in [1.807, 2.05) is 18.5 Å². The van der Waals surface area contributed by atoms with Crippen LogP contribution in [0.4, 0.5) is 9.59 Å². The topological polar surface area (TPSA) is 162 Å². The average Bonchev–Trinajstić information content (AvgIpc) is 3.64. The molecule has 1 N–H and O–H groups in total. The van der Waals surface area contributed by atoms with E-state index < -0.39 is 24.1 Å². The third-order valence-corrected chi connectivity index (χ3v) is 7.55. The zero-order valence-corrected chi connectivity index (χ0v) is 27.8. The standard InChI is InChI=1S/C35H37N5O9/c1-6-45-33(42)24-11-9-10-12-29(24)48-18-17-36-32(41)22-13-15-25-28(19-22)39(5)30(37-25)21(4)31-38-26-20-23(49-35(44)47-8-3)14-16-27(26)40(31)34(43)46-7-2/h9-16,19-21H,6-8,17-18H2,1-5H3,(H,36,41). The minimum Gasteiger partial charge on any atom is -0.491 e. The smallest absolute Gasteiger partial charge is 0.491 e. The summed E-state index contributed by atoms with van der Waals surface area (Å²) in [4.78, 5) is 59.8. The van der Waals surface area contributed by atoms with E-state index in [1.165, 1.54) is 4.57 Å². The lowest BCUT2D eigenvalue weighted by Gasteiger charge is -2.14. The van der Waals surface area contributed by atoms with E-state index in [9.17, 15) is 19.2 Å². The molecule has 3 aromatic carbocycles. The third kappa shape index (κ3) is 7.48. The van der Waals surface area contributed by atoms with Crippen LogP contribution in [-0.4, -0.2) is 76.2 Å². The summed E-state index contributed by atoms with van der Waals surface area (Å²) in [6.45, 7) is 7.86. The molecule has 1 atom stereocenters. The number of carbonyl (C=O) groups is 4. The second kappa shape index (κ2) is 15.3. The first kappa shape index (κ1) is 34.4.